The summed E-state index contributed by atoms with van der Waals surface area (Å²) in [6, 6.07) is 11.0. The molecule has 3 aromatic rings. The van der Waals surface area contributed by atoms with Gasteiger partial charge in [0.2, 0.25) is 5.78 Å². The molecule has 8 nitrogen and oxygen atoms in total. The van der Waals surface area contributed by atoms with Gasteiger partial charge in [-0.05, 0) is 30.3 Å². The summed E-state index contributed by atoms with van der Waals surface area (Å²) in [5, 5.41) is 0.483. The fourth-order valence-corrected chi connectivity index (χ4v) is 2.74. The maximum atomic E-state index is 12.5. The molecule has 3 rings (SSSR count). The standard InChI is InChI=1S/C21H18O8/c1-25-13-7-8-17(26-2)14(10-13)16(22)11-28-20(23)15-9-12-5-4-6-18(27-3)19(12)29-21(15)24/h4-10H,11H2,1-3H3. The van der Waals surface area contributed by atoms with E-state index in [0.717, 1.165) is 0 Å². The third-order valence-electron chi connectivity index (χ3n) is 4.21. The SMILES string of the molecule is COc1ccc(OC)c(C(=O)COC(=O)c2cc3cccc(OC)c3oc2=O)c1. The molecule has 8 heteroatoms. The first-order chi connectivity index (χ1) is 14.0. The molecule has 0 saturated heterocycles. The summed E-state index contributed by atoms with van der Waals surface area (Å²) < 4.78 is 25.6. The summed E-state index contributed by atoms with van der Waals surface area (Å²) in [6.07, 6.45) is 0. The highest BCUT2D eigenvalue weighted by molar-refractivity contribution is 6.02. The van der Waals surface area contributed by atoms with E-state index in [1.54, 1.807) is 30.3 Å². The minimum absolute atomic E-state index is 0.190. The van der Waals surface area contributed by atoms with Crippen LogP contribution in [0.2, 0.25) is 0 Å². The first-order valence-electron chi connectivity index (χ1n) is 8.51. The fraction of sp³-hybridized carbons (Fsp3) is 0.190. The number of para-hydroxylation sites is 1. The number of Topliss-reactive ketones (excluding diaryl/α,β-unsaturated/α-hetero) is 1. The lowest BCUT2D eigenvalue weighted by Gasteiger charge is -2.10. The molecule has 0 saturated carbocycles. The van der Waals surface area contributed by atoms with Gasteiger partial charge in [0.15, 0.2) is 17.9 Å². The Hall–Kier alpha value is -3.81. The van der Waals surface area contributed by atoms with E-state index in [4.69, 9.17) is 23.4 Å². The maximum absolute atomic E-state index is 12.5. The predicted octanol–water partition coefficient (Wildman–Crippen LogP) is 2.86. The van der Waals surface area contributed by atoms with E-state index >= 15 is 0 Å². The molecular formula is C21H18O8. The van der Waals surface area contributed by atoms with Crippen LogP contribution >= 0.6 is 0 Å². The molecular weight excluding hydrogens is 380 g/mol. The first-order valence-corrected chi connectivity index (χ1v) is 8.51. The van der Waals surface area contributed by atoms with Crippen molar-refractivity contribution >= 4 is 22.7 Å². The first kappa shape index (κ1) is 19.9. The van der Waals surface area contributed by atoms with Crippen LogP contribution in [0.5, 0.6) is 17.2 Å². The summed E-state index contributed by atoms with van der Waals surface area (Å²) in [4.78, 5) is 37.0. The van der Waals surface area contributed by atoms with Crippen LogP contribution in [0.25, 0.3) is 11.0 Å². The zero-order valence-corrected chi connectivity index (χ0v) is 16.0. The Labute approximate surface area is 165 Å². The quantitative estimate of drug-likeness (QED) is 0.340. The molecule has 0 aliphatic carbocycles. The number of carbonyl (C=O) groups excluding carboxylic acids is 2. The number of rotatable bonds is 7. The van der Waals surface area contributed by atoms with E-state index < -0.39 is 24.0 Å². The summed E-state index contributed by atoms with van der Waals surface area (Å²) in [7, 11) is 4.32. The lowest BCUT2D eigenvalue weighted by molar-refractivity contribution is 0.0470. The van der Waals surface area contributed by atoms with Gasteiger partial charge in [0, 0.05) is 5.39 Å². The van der Waals surface area contributed by atoms with Gasteiger partial charge in [-0.2, -0.15) is 0 Å². The third-order valence-corrected chi connectivity index (χ3v) is 4.21. The van der Waals surface area contributed by atoms with Gasteiger partial charge in [0.25, 0.3) is 0 Å². The van der Waals surface area contributed by atoms with Gasteiger partial charge < -0.3 is 23.4 Å². The minimum atomic E-state index is -0.973. The van der Waals surface area contributed by atoms with E-state index in [1.807, 2.05) is 0 Å². The number of hydrogen-bond donors (Lipinski definition) is 0. The van der Waals surface area contributed by atoms with E-state index in [9.17, 15) is 14.4 Å². The zero-order chi connectivity index (χ0) is 21.0. The van der Waals surface area contributed by atoms with Crippen LogP contribution in [-0.4, -0.2) is 39.7 Å². The number of hydrogen-bond acceptors (Lipinski definition) is 8. The predicted molar refractivity (Wildman–Crippen MR) is 103 cm³/mol. The monoisotopic (exact) mass is 398 g/mol. The average molecular weight is 398 g/mol. The Kier molecular flexibility index (Phi) is 5.82. The van der Waals surface area contributed by atoms with Crippen LogP contribution in [0.15, 0.2) is 51.7 Å². The van der Waals surface area contributed by atoms with Crippen molar-refractivity contribution in [2.24, 2.45) is 0 Å². The number of fused-ring (bicyclic) bond motifs is 1. The molecule has 0 radical (unpaired) electrons. The summed E-state index contributed by atoms with van der Waals surface area (Å²) in [6.45, 7) is -0.585. The van der Waals surface area contributed by atoms with Crippen LogP contribution < -0.4 is 19.8 Å². The molecule has 0 amide bonds. The van der Waals surface area contributed by atoms with Crippen molar-refractivity contribution in [1.29, 1.82) is 0 Å². The normalized spacial score (nSPS) is 10.4. The van der Waals surface area contributed by atoms with Crippen LogP contribution in [0.4, 0.5) is 0 Å². The van der Waals surface area contributed by atoms with E-state index in [1.165, 1.54) is 33.5 Å². The van der Waals surface area contributed by atoms with Crippen molar-refractivity contribution in [3.63, 3.8) is 0 Å². The Morgan fingerprint density at radius 1 is 0.897 bits per heavy atom. The van der Waals surface area contributed by atoms with Gasteiger partial charge in [-0.1, -0.05) is 12.1 Å². The smallest absolute Gasteiger partial charge is 0.351 e. The molecule has 0 atom stereocenters. The molecule has 0 unspecified atom stereocenters. The van der Waals surface area contributed by atoms with E-state index in [-0.39, 0.29) is 16.7 Å². The van der Waals surface area contributed by atoms with Crippen molar-refractivity contribution in [2.75, 3.05) is 27.9 Å². The van der Waals surface area contributed by atoms with E-state index in [2.05, 4.69) is 0 Å². The van der Waals surface area contributed by atoms with Gasteiger partial charge in [0.05, 0.1) is 26.9 Å². The van der Waals surface area contributed by atoms with Crippen LogP contribution in [0.1, 0.15) is 20.7 Å². The Bertz CT molecular complexity index is 1130. The summed E-state index contributed by atoms with van der Waals surface area (Å²) in [5.41, 5.74) is -0.807. The van der Waals surface area contributed by atoms with Gasteiger partial charge >= 0.3 is 11.6 Å². The summed E-state index contributed by atoms with van der Waals surface area (Å²) >= 11 is 0. The topological polar surface area (TPSA) is 101 Å². The largest absolute Gasteiger partial charge is 0.497 e. The van der Waals surface area contributed by atoms with Crippen LogP contribution in [0.3, 0.4) is 0 Å². The number of esters is 1. The fourth-order valence-electron chi connectivity index (χ4n) is 2.74. The van der Waals surface area contributed by atoms with Gasteiger partial charge in [-0.25, -0.2) is 9.59 Å². The molecule has 0 aliphatic heterocycles. The molecule has 0 N–H and O–H groups in total. The molecule has 1 aromatic heterocycles. The second-order valence-electron chi connectivity index (χ2n) is 5.89. The minimum Gasteiger partial charge on any atom is -0.497 e. The molecule has 0 aliphatic rings. The lowest BCUT2D eigenvalue weighted by atomic mass is 10.1. The van der Waals surface area contributed by atoms with Gasteiger partial charge in [-0.15, -0.1) is 0 Å². The van der Waals surface area contributed by atoms with Crippen molar-refractivity contribution in [1.82, 2.24) is 0 Å². The molecule has 1 heterocycles. The van der Waals surface area contributed by atoms with Crippen molar-refractivity contribution in [3.8, 4) is 17.2 Å². The highest BCUT2D eigenvalue weighted by Gasteiger charge is 2.20. The van der Waals surface area contributed by atoms with Crippen molar-refractivity contribution in [3.05, 3.63) is 64.0 Å². The molecule has 0 fully saturated rings. The molecule has 2 aromatic carbocycles. The van der Waals surface area contributed by atoms with E-state index in [0.29, 0.717) is 22.6 Å². The summed E-state index contributed by atoms with van der Waals surface area (Å²) in [5.74, 6) is -0.367. The number of ether oxygens (including phenoxy) is 4. The third kappa shape index (κ3) is 4.06. The maximum Gasteiger partial charge on any atom is 0.351 e. The number of carbonyl (C=O) groups is 2. The average Bonchev–Trinajstić information content (AvgIpc) is 2.75. The number of ketones is 1. The second kappa shape index (κ2) is 8.47. The molecule has 29 heavy (non-hydrogen) atoms. The van der Waals surface area contributed by atoms with Gasteiger partial charge in [0.1, 0.15) is 17.1 Å². The van der Waals surface area contributed by atoms with Crippen molar-refractivity contribution < 1.29 is 33.0 Å². The second-order valence-corrected chi connectivity index (χ2v) is 5.89. The molecule has 0 spiro atoms. The Morgan fingerprint density at radius 3 is 2.34 bits per heavy atom. The number of methoxy groups -OCH3 is 3. The molecule has 150 valence electrons. The van der Waals surface area contributed by atoms with Gasteiger partial charge in [-0.3, -0.25) is 4.79 Å². The Balaban J connectivity index is 1.82. The lowest BCUT2D eigenvalue weighted by Crippen LogP contribution is -2.20. The molecule has 0 bridgehead atoms. The van der Waals surface area contributed by atoms with Crippen LogP contribution in [-0.2, 0) is 4.74 Å². The number of benzene rings is 2. The van der Waals surface area contributed by atoms with Crippen LogP contribution in [0, 0.1) is 0 Å². The zero-order valence-electron chi connectivity index (χ0n) is 16.0. The van der Waals surface area contributed by atoms with Crippen molar-refractivity contribution in [2.45, 2.75) is 0 Å². The highest BCUT2D eigenvalue weighted by atomic mass is 16.5. The Morgan fingerprint density at radius 2 is 1.66 bits per heavy atom. The highest BCUT2D eigenvalue weighted by Crippen LogP contribution is 2.26.